The molecule has 1 aliphatic rings. The number of hydrogen-bond acceptors (Lipinski definition) is 7. The number of carboxylic acid groups (broad SMARTS) is 1. The second-order valence-electron chi connectivity index (χ2n) is 7.99. The molecule has 0 saturated heterocycles. The van der Waals surface area contributed by atoms with Crippen molar-refractivity contribution in [3.8, 4) is 22.6 Å². The van der Waals surface area contributed by atoms with E-state index in [4.69, 9.17) is 13.9 Å². The third-order valence-corrected chi connectivity index (χ3v) is 5.08. The number of nitrogens with zero attached hydrogens (tertiary/aromatic N) is 3. The Bertz CT molecular complexity index is 1110. The Kier molecular flexibility index (Phi) is 4.93. The van der Waals surface area contributed by atoms with Gasteiger partial charge in [-0.05, 0) is 37.1 Å². The third-order valence-electron chi connectivity index (χ3n) is 5.08. The van der Waals surface area contributed by atoms with Crippen LogP contribution in [0.25, 0.3) is 11.1 Å². The van der Waals surface area contributed by atoms with Gasteiger partial charge in [-0.2, -0.15) is 0 Å². The molecule has 0 fully saturated rings. The van der Waals surface area contributed by atoms with Gasteiger partial charge < -0.3 is 19.0 Å². The Morgan fingerprint density at radius 3 is 2.77 bits per heavy atom. The highest BCUT2D eigenvalue weighted by atomic mass is 16.5. The summed E-state index contributed by atoms with van der Waals surface area (Å²) >= 11 is 0. The quantitative estimate of drug-likeness (QED) is 0.655. The number of benzene rings is 1. The highest BCUT2D eigenvalue weighted by molar-refractivity contribution is 5.79. The van der Waals surface area contributed by atoms with E-state index < -0.39 is 11.9 Å². The number of aromatic nitrogens is 3. The fourth-order valence-corrected chi connectivity index (χ4v) is 3.84. The summed E-state index contributed by atoms with van der Waals surface area (Å²) < 4.78 is 17.4. The van der Waals surface area contributed by atoms with E-state index >= 15 is 0 Å². The summed E-state index contributed by atoms with van der Waals surface area (Å²) in [5.41, 5.74) is 3.00. The van der Waals surface area contributed by atoms with Crippen LogP contribution in [0.1, 0.15) is 49.1 Å². The lowest BCUT2D eigenvalue weighted by Crippen LogP contribution is -2.24. The van der Waals surface area contributed by atoms with Crippen LogP contribution in [0.4, 0.5) is 0 Å². The molecule has 0 spiro atoms. The molecular weight excluding hydrogens is 386 g/mol. The first-order valence-electron chi connectivity index (χ1n) is 9.63. The molecule has 0 saturated carbocycles. The zero-order valence-electron chi connectivity index (χ0n) is 17.3. The molecule has 8 nitrogen and oxygen atoms in total. The van der Waals surface area contributed by atoms with E-state index in [9.17, 15) is 9.90 Å². The number of carbonyl (C=O) groups is 1. The Labute approximate surface area is 173 Å². The molecule has 0 radical (unpaired) electrons. The van der Waals surface area contributed by atoms with Gasteiger partial charge in [0.2, 0.25) is 11.8 Å². The molecule has 1 unspecified atom stereocenters. The fourth-order valence-electron chi connectivity index (χ4n) is 3.84. The van der Waals surface area contributed by atoms with Crippen molar-refractivity contribution >= 4 is 5.97 Å². The molecule has 156 valence electrons. The second-order valence-corrected chi connectivity index (χ2v) is 7.99. The van der Waals surface area contributed by atoms with E-state index in [2.05, 4.69) is 15.2 Å². The first-order valence-corrected chi connectivity index (χ1v) is 9.63. The molecule has 1 aliphatic heterocycles. The van der Waals surface area contributed by atoms with Crippen LogP contribution in [-0.4, -0.2) is 39.0 Å². The predicted octanol–water partition coefficient (Wildman–Crippen LogP) is 3.77. The van der Waals surface area contributed by atoms with E-state index in [1.165, 1.54) is 0 Å². The van der Waals surface area contributed by atoms with E-state index in [1.54, 1.807) is 26.4 Å². The van der Waals surface area contributed by atoms with Crippen LogP contribution in [0, 0.1) is 6.92 Å². The highest BCUT2D eigenvalue weighted by Crippen LogP contribution is 2.47. The van der Waals surface area contributed by atoms with Crippen LogP contribution in [0.2, 0.25) is 0 Å². The lowest BCUT2D eigenvalue weighted by molar-refractivity contribution is -0.137. The van der Waals surface area contributed by atoms with Gasteiger partial charge in [-0.3, -0.25) is 9.78 Å². The Morgan fingerprint density at radius 2 is 2.10 bits per heavy atom. The van der Waals surface area contributed by atoms with Gasteiger partial charge in [0.15, 0.2) is 0 Å². The average Bonchev–Trinajstić information content (AvgIpc) is 3.26. The molecule has 4 rings (SSSR count). The normalized spacial score (nSPS) is 15.3. The van der Waals surface area contributed by atoms with Crippen LogP contribution >= 0.6 is 0 Å². The molecule has 3 aromatic rings. The highest BCUT2D eigenvalue weighted by Gasteiger charge is 2.34. The van der Waals surface area contributed by atoms with E-state index in [0.717, 1.165) is 28.9 Å². The van der Waals surface area contributed by atoms with Gasteiger partial charge in [0, 0.05) is 31.3 Å². The number of ether oxygens (including phenoxy) is 2. The lowest BCUT2D eigenvalue weighted by Gasteiger charge is -2.19. The maximum Gasteiger partial charge on any atom is 0.304 e. The van der Waals surface area contributed by atoms with Gasteiger partial charge in [0.25, 0.3) is 0 Å². The standard InChI is InChI=1S/C22H23N3O5/c1-12-24-25-21(29-12)16(8-18(26)27)14-7-15(11-23-10-14)19-17(28-4)6-5-13-9-22(2,3)30-20(13)19/h5-7,10-11,16H,8-9H2,1-4H3,(H,26,27). The van der Waals surface area contributed by atoms with E-state index in [-0.39, 0.29) is 17.9 Å². The van der Waals surface area contributed by atoms with Crippen molar-refractivity contribution in [1.29, 1.82) is 0 Å². The summed E-state index contributed by atoms with van der Waals surface area (Å²) in [6, 6.07) is 5.81. The second kappa shape index (κ2) is 7.44. The topological polar surface area (TPSA) is 108 Å². The number of rotatable bonds is 6. The first kappa shape index (κ1) is 19.9. The molecule has 0 bridgehead atoms. The van der Waals surface area contributed by atoms with Crippen LogP contribution < -0.4 is 9.47 Å². The number of aryl methyl sites for hydroxylation is 1. The number of pyridine rings is 1. The largest absolute Gasteiger partial charge is 0.496 e. The minimum absolute atomic E-state index is 0.194. The van der Waals surface area contributed by atoms with Gasteiger partial charge in [0.05, 0.1) is 25.0 Å². The molecule has 2 aromatic heterocycles. The smallest absolute Gasteiger partial charge is 0.304 e. The minimum atomic E-state index is -0.968. The van der Waals surface area contributed by atoms with Gasteiger partial charge in [-0.1, -0.05) is 6.07 Å². The van der Waals surface area contributed by atoms with Crippen molar-refractivity contribution in [3.63, 3.8) is 0 Å². The summed E-state index contributed by atoms with van der Waals surface area (Å²) in [6.45, 7) is 5.75. The Hall–Kier alpha value is -3.42. The van der Waals surface area contributed by atoms with Crippen LogP contribution in [0.5, 0.6) is 11.5 Å². The van der Waals surface area contributed by atoms with Crippen molar-refractivity contribution in [1.82, 2.24) is 15.2 Å². The van der Waals surface area contributed by atoms with Crippen LogP contribution in [0.15, 0.2) is 35.0 Å². The fraction of sp³-hybridized carbons (Fsp3) is 0.364. The average molecular weight is 409 g/mol. The Balaban J connectivity index is 1.83. The SMILES string of the molecule is COc1ccc2c(c1-c1cncc(C(CC(=O)O)c3nnc(C)o3)c1)OC(C)(C)C2. The molecule has 1 aromatic carbocycles. The summed E-state index contributed by atoms with van der Waals surface area (Å²) in [5, 5.41) is 17.3. The zero-order chi connectivity index (χ0) is 21.5. The maximum atomic E-state index is 11.5. The summed E-state index contributed by atoms with van der Waals surface area (Å²) in [6.07, 6.45) is 3.93. The molecule has 1 N–H and O–H groups in total. The van der Waals surface area contributed by atoms with Gasteiger partial charge in [-0.25, -0.2) is 0 Å². The summed E-state index contributed by atoms with van der Waals surface area (Å²) in [7, 11) is 1.61. The number of fused-ring (bicyclic) bond motifs is 1. The number of aliphatic carboxylic acids is 1. The molecule has 0 amide bonds. The molecule has 1 atom stereocenters. The summed E-state index contributed by atoms with van der Waals surface area (Å²) in [5.74, 6) is 0.468. The maximum absolute atomic E-state index is 11.5. The van der Waals surface area contributed by atoms with Crippen LogP contribution in [0.3, 0.4) is 0 Å². The predicted molar refractivity (Wildman–Crippen MR) is 108 cm³/mol. The van der Waals surface area contributed by atoms with Crippen LogP contribution in [-0.2, 0) is 11.2 Å². The van der Waals surface area contributed by atoms with Crippen molar-refractivity contribution in [3.05, 3.63) is 53.5 Å². The Morgan fingerprint density at radius 1 is 1.30 bits per heavy atom. The van der Waals surface area contributed by atoms with Gasteiger partial charge in [-0.15, -0.1) is 10.2 Å². The van der Waals surface area contributed by atoms with Gasteiger partial charge >= 0.3 is 5.97 Å². The molecule has 3 heterocycles. The van der Waals surface area contributed by atoms with Crippen molar-refractivity contribution in [2.75, 3.05) is 7.11 Å². The first-order chi connectivity index (χ1) is 14.3. The lowest BCUT2D eigenvalue weighted by atomic mass is 9.93. The summed E-state index contributed by atoms with van der Waals surface area (Å²) in [4.78, 5) is 15.9. The van der Waals surface area contributed by atoms with Crippen molar-refractivity contribution in [2.24, 2.45) is 0 Å². The molecule has 0 aliphatic carbocycles. The number of carboxylic acids is 1. The minimum Gasteiger partial charge on any atom is -0.496 e. The van der Waals surface area contributed by atoms with E-state index in [0.29, 0.717) is 17.2 Å². The molecule has 30 heavy (non-hydrogen) atoms. The number of hydrogen-bond donors (Lipinski definition) is 1. The molecular formula is C22H23N3O5. The number of methoxy groups -OCH3 is 1. The van der Waals surface area contributed by atoms with Crippen molar-refractivity contribution < 1.29 is 23.8 Å². The molecule has 8 heteroatoms. The monoisotopic (exact) mass is 409 g/mol. The van der Waals surface area contributed by atoms with Crippen molar-refractivity contribution in [2.45, 2.75) is 45.1 Å². The van der Waals surface area contributed by atoms with Gasteiger partial charge in [0.1, 0.15) is 17.1 Å². The zero-order valence-corrected chi connectivity index (χ0v) is 17.3. The van der Waals surface area contributed by atoms with E-state index in [1.807, 2.05) is 32.0 Å². The third kappa shape index (κ3) is 3.72.